The van der Waals surface area contributed by atoms with Crippen molar-refractivity contribution in [3.05, 3.63) is 59.7 Å². The summed E-state index contributed by atoms with van der Waals surface area (Å²) in [6.45, 7) is -1.46. The number of amides is 1. The number of fused-ring (bicyclic) bond motifs is 3. The lowest BCUT2D eigenvalue weighted by molar-refractivity contribution is -0.0431. The maximum absolute atomic E-state index is 13.7. The fourth-order valence-electron chi connectivity index (χ4n) is 3.86. The summed E-state index contributed by atoms with van der Waals surface area (Å²) < 4.78 is 32.9. The zero-order chi connectivity index (χ0) is 18.3. The minimum atomic E-state index is -3.08. The summed E-state index contributed by atoms with van der Waals surface area (Å²) in [4.78, 5) is 13.2. The van der Waals surface area contributed by atoms with E-state index in [0.29, 0.717) is 0 Å². The van der Waals surface area contributed by atoms with Gasteiger partial charge in [0.25, 0.3) is 5.92 Å². The van der Waals surface area contributed by atoms with Crippen LogP contribution in [0.4, 0.5) is 13.6 Å². The van der Waals surface area contributed by atoms with Crippen molar-refractivity contribution in [2.75, 3.05) is 26.3 Å². The number of rotatable bonds is 3. The molecule has 2 aromatic carbocycles. The quantitative estimate of drug-likeness (QED) is 0.913. The molecule has 1 saturated heterocycles. The van der Waals surface area contributed by atoms with Crippen LogP contribution in [0.5, 0.6) is 0 Å². The topological polar surface area (TPSA) is 49.8 Å². The van der Waals surface area contributed by atoms with E-state index in [1.165, 1.54) is 0 Å². The molecule has 0 spiro atoms. The van der Waals surface area contributed by atoms with E-state index in [9.17, 15) is 13.6 Å². The zero-order valence-electron chi connectivity index (χ0n) is 14.1. The fourth-order valence-corrected chi connectivity index (χ4v) is 3.86. The van der Waals surface area contributed by atoms with Gasteiger partial charge in [0.1, 0.15) is 6.61 Å². The summed E-state index contributed by atoms with van der Waals surface area (Å²) in [6.07, 6.45) is -0.762. The van der Waals surface area contributed by atoms with Crippen LogP contribution >= 0.6 is 0 Å². The van der Waals surface area contributed by atoms with Crippen LogP contribution in [0.25, 0.3) is 11.1 Å². The normalized spacial score (nSPS) is 20.7. The van der Waals surface area contributed by atoms with Gasteiger partial charge in [-0.1, -0.05) is 48.5 Å². The molecule has 1 aliphatic heterocycles. The predicted octanol–water partition coefficient (Wildman–Crippen LogP) is 3.49. The van der Waals surface area contributed by atoms with E-state index in [-0.39, 0.29) is 19.1 Å². The molecular formula is C20H19F2NO3. The highest BCUT2D eigenvalue weighted by Gasteiger charge is 2.49. The molecule has 136 valence electrons. The molecule has 4 rings (SSSR count). The third-order valence-electron chi connectivity index (χ3n) is 5.25. The molecule has 6 heteroatoms. The van der Waals surface area contributed by atoms with Crippen molar-refractivity contribution in [1.82, 2.24) is 4.90 Å². The molecule has 0 bridgehead atoms. The highest BCUT2D eigenvalue weighted by atomic mass is 19.3. The van der Waals surface area contributed by atoms with E-state index >= 15 is 0 Å². The van der Waals surface area contributed by atoms with Gasteiger partial charge in [0.15, 0.2) is 0 Å². The Kier molecular flexibility index (Phi) is 4.15. The first-order valence-corrected chi connectivity index (χ1v) is 8.60. The van der Waals surface area contributed by atoms with Gasteiger partial charge in [-0.2, -0.15) is 0 Å². The van der Waals surface area contributed by atoms with E-state index in [1.807, 2.05) is 48.5 Å². The lowest BCUT2D eigenvalue weighted by Gasteiger charge is -2.19. The molecular weight excluding hydrogens is 340 g/mol. The molecule has 1 amide bonds. The summed E-state index contributed by atoms with van der Waals surface area (Å²) in [7, 11) is 0. The van der Waals surface area contributed by atoms with Gasteiger partial charge in [0, 0.05) is 12.5 Å². The maximum Gasteiger partial charge on any atom is 0.410 e. The van der Waals surface area contributed by atoms with Crippen LogP contribution in [0.1, 0.15) is 17.0 Å². The molecule has 0 aromatic heterocycles. The second-order valence-corrected chi connectivity index (χ2v) is 6.83. The monoisotopic (exact) mass is 359 g/mol. The number of alkyl halides is 2. The number of carbonyl (C=O) groups excluding carboxylic acids is 1. The summed E-state index contributed by atoms with van der Waals surface area (Å²) >= 11 is 0. The number of hydrogen-bond acceptors (Lipinski definition) is 3. The SMILES string of the molecule is O=C(OCC1c2ccccc2-c2ccccc21)N1CC(CO)C(F)(F)C1. The van der Waals surface area contributed by atoms with E-state index in [2.05, 4.69) is 0 Å². The van der Waals surface area contributed by atoms with Crippen LogP contribution in [0.3, 0.4) is 0 Å². The molecule has 2 aromatic rings. The van der Waals surface area contributed by atoms with Gasteiger partial charge in [-0.25, -0.2) is 13.6 Å². The number of carbonyl (C=O) groups is 1. The largest absolute Gasteiger partial charge is 0.448 e. The molecule has 2 aliphatic rings. The van der Waals surface area contributed by atoms with Crippen LogP contribution < -0.4 is 0 Å². The minimum absolute atomic E-state index is 0.0960. The summed E-state index contributed by atoms with van der Waals surface area (Å²) in [5, 5.41) is 9.06. The summed E-state index contributed by atoms with van der Waals surface area (Å²) in [5.41, 5.74) is 4.36. The third-order valence-corrected chi connectivity index (χ3v) is 5.25. The van der Waals surface area contributed by atoms with Crippen molar-refractivity contribution in [2.24, 2.45) is 5.92 Å². The Hall–Kier alpha value is -2.47. The second-order valence-electron chi connectivity index (χ2n) is 6.83. The van der Waals surface area contributed by atoms with Crippen molar-refractivity contribution in [2.45, 2.75) is 11.8 Å². The average molecular weight is 359 g/mol. The van der Waals surface area contributed by atoms with Gasteiger partial charge in [0.2, 0.25) is 0 Å². The lowest BCUT2D eigenvalue weighted by Crippen LogP contribution is -2.33. The van der Waals surface area contributed by atoms with Crippen molar-refractivity contribution in [3.63, 3.8) is 0 Å². The number of nitrogens with zero attached hydrogens (tertiary/aromatic N) is 1. The number of benzene rings is 2. The smallest absolute Gasteiger partial charge is 0.410 e. The number of ether oxygens (including phenoxy) is 1. The van der Waals surface area contributed by atoms with Gasteiger partial charge in [-0.05, 0) is 22.3 Å². The standard InChI is InChI=1S/C20H19F2NO3/c21-20(22)12-23(9-13(20)10-24)19(25)26-11-18-16-7-3-1-5-14(16)15-6-2-4-8-17(15)18/h1-8,13,18,24H,9-12H2. The van der Waals surface area contributed by atoms with Crippen LogP contribution in [-0.2, 0) is 4.74 Å². The first-order chi connectivity index (χ1) is 12.5. The number of aliphatic hydroxyl groups excluding tert-OH is 1. The summed E-state index contributed by atoms with van der Waals surface area (Å²) in [5.74, 6) is -4.42. The molecule has 26 heavy (non-hydrogen) atoms. The van der Waals surface area contributed by atoms with E-state index in [1.54, 1.807) is 0 Å². The van der Waals surface area contributed by atoms with Crippen LogP contribution in [0.2, 0.25) is 0 Å². The molecule has 1 N–H and O–H groups in total. The fraction of sp³-hybridized carbons (Fsp3) is 0.350. The van der Waals surface area contributed by atoms with Gasteiger partial charge < -0.3 is 14.7 Å². The number of hydrogen-bond donors (Lipinski definition) is 1. The van der Waals surface area contributed by atoms with Crippen LogP contribution in [-0.4, -0.2) is 48.3 Å². The molecule has 1 unspecified atom stereocenters. The highest BCUT2D eigenvalue weighted by Crippen LogP contribution is 2.44. The molecule has 0 saturated carbocycles. The highest BCUT2D eigenvalue weighted by molar-refractivity contribution is 5.79. The summed E-state index contributed by atoms with van der Waals surface area (Å²) in [6, 6.07) is 15.9. The van der Waals surface area contributed by atoms with Crippen molar-refractivity contribution in [1.29, 1.82) is 0 Å². The minimum Gasteiger partial charge on any atom is -0.448 e. The number of halogens is 2. The van der Waals surface area contributed by atoms with Crippen molar-refractivity contribution >= 4 is 6.09 Å². The van der Waals surface area contributed by atoms with Crippen LogP contribution in [0.15, 0.2) is 48.5 Å². The Morgan fingerprint density at radius 3 is 2.23 bits per heavy atom. The first-order valence-electron chi connectivity index (χ1n) is 8.60. The Bertz CT molecular complexity index is 794. The number of likely N-dealkylation sites (tertiary alicyclic amines) is 1. The lowest BCUT2D eigenvalue weighted by atomic mass is 9.98. The van der Waals surface area contributed by atoms with E-state index < -0.39 is 31.1 Å². The molecule has 4 nitrogen and oxygen atoms in total. The van der Waals surface area contributed by atoms with E-state index in [4.69, 9.17) is 9.84 Å². The number of aliphatic hydroxyl groups is 1. The predicted molar refractivity (Wildman–Crippen MR) is 92.2 cm³/mol. The molecule has 1 heterocycles. The van der Waals surface area contributed by atoms with Gasteiger partial charge in [-0.15, -0.1) is 0 Å². The molecule has 1 aliphatic carbocycles. The average Bonchev–Trinajstić information content (AvgIpc) is 3.13. The molecule has 1 fully saturated rings. The first kappa shape index (κ1) is 17.0. The second kappa shape index (κ2) is 6.36. The Morgan fingerprint density at radius 1 is 1.12 bits per heavy atom. The van der Waals surface area contributed by atoms with Crippen molar-refractivity contribution < 1.29 is 23.4 Å². The van der Waals surface area contributed by atoms with Gasteiger partial charge >= 0.3 is 6.09 Å². The van der Waals surface area contributed by atoms with Crippen LogP contribution in [0, 0.1) is 5.92 Å². The zero-order valence-corrected chi connectivity index (χ0v) is 14.1. The Morgan fingerprint density at radius 2 is 1.69 bits per heavy atom. The maximum atomic E-state index is 13.7. The van der Waals surface area contributed by atoms with Gasteiger partial charge in [-0.3, -0.25) is 0 Å². The van der Waals surface area contributed by atoms with Crippen molar-refractivity contribution in [3.8, 4) is 11.1 Å². The van der Waals surface area contributed by atoms with E-state index in [0.717, 1.165) is 27.2 Å². The van der Waals surface area contributed by atoms with Gasteiger partial charge in [0.05, 0.1) is 19.1 Å². The molecule has 0 radical (unpaired) electrons. The molecule has 1 atom stereocenters. The Labute approximate surface area is 150 Å². The third kappa shape index (κ3) is 2.74. The Balaban J connectivity index is 1.50.